The van der Waals surface area contributed by atoms with Crippen molar-refractivity contribution in [1.82, 2.24) is 5.32 Å². The van der Waals surface area contributed by atoms with Gasteiger partial charge in [-0.1, -0.05) is 42.5 Å². The molecule has 0 fully saturated rings. The van der Waals surface area contributed by atoms with Crippen LogP contribution in [0.4, 0.5) is 5.69 Å². The lowest BCUT2D eigenvalue weighted by Gasteiger charge is -2.17. The van der Waals surface area contributed by atoms with Crippen LogP contribution in [0.2, 0.25) is 0 Å². The molecule has 0 radical (unpaired) electrons. The average molecular weight is 300 g/mol. The first kappa shape index (κ1) is 16.1. The second-order valence-corrected chi connectivity index (χ2v) is 5.32. The van der Waals surface area contributed by atoms with Crippen molar-refractivity contribution in [2.75, 3.05) is 6.54 Å². The highest BCUT2D eigenvalue weighted by molar-refractivity contribution is 5.34. The van der Waals surface area contributed by atoms with Gasteiger partial charge in [0, 0.05) is 24.7 Å². The van der Waals surface area contributed by atoms with Crippen LogP contribution in [-0.2, 0) is 6.42 Å². The van der Waals surface area contributed by atoms with Crippen molar-refractivity contribution in [1.29, 1.82) is 0 Å². The van der Waals surface area contributed by atoms with Gasteiger partial charge in [0.2, 0.25) is 0 Å². The van der Waals surface area contributed by atoms with Crippen LogP contribution in [0.3, 0.4) is 0 Å². The summed E-state index contributed by atoms with van der Waals surface area (Å²) in [5.74, 6) is 0. The predicted molar refractivity (Wildman–Crippen MR) is 85.7 cm³/mol. The van der Waals surface area contributed by atoms with Gasteiger partial charge in [0.1, 0.15) is 0 Å². The number of aliphatic hydroxyl groups excluding tert-OH is 1. The van der Waals surface area contributed by atoms with Crippen molar-refractivity contribution in [2.45, 2.75) is 25.5 Å². The summed E-state index contributed by atoms with van der Waals surface area (Å²) >= 11 is 0. The minimum absolute atomic E-state index is 0.0197. The molecule has 0 aliphatic heterocycles. The number of hydrogen-bond donors (Lipinski definition) is 2. The van der Waals surface area contributed by atoms with E-state index in [4.69, 9.17) is 0 Å². The zero-order valence-corrected chi connectivity index (χ0v) is 12.5. The second kappa shape index (κ2) is 7.68. The van der Waals surface area contributed by atoms with E-state index in [1.54, 1.807) is 12.1 Å². The molecule has 0 saturated carbocycles. The summed E-state index contributed by atoms with van der Waals surface area (Å²) < 4.78 is 0. The third-order valence-corrected chi connectivity index (χ3v) is 3.58. The van der Waals surface area contributed by atoms with Crippen molar-refractivity contribution < 1.29 is 10.0 Å². The highest BCUT2D eigenvalue weighted by Crippen LogP contribution is 2.17. The quantitative estimate of drug-likeness (QED) is 0.609. The van der Waals surface area contributed by atoms with Gasteiger partial charge < -0.3 is 10.4 Å². The van der Waals surface area contributed by atoms with Gasteiger partial charge in [-0.3, -0.25) is 10.1 Å². The Morgan fingerprint density at radius 1 is 1.14 bits per heavy atom. The topological polar surface area (TPSA) is 75.4 Å². The zero-order valence-electron chi connectivity index (χ0n) is 12.5. The van der Waals surface area contributed by atoms with Crippen molar-refractivity contribution in [3.63, 3.8) is 0 Å². The van der Waals surface area contributed by atoms with Gasteiger partial charge in [-0.2, -0.15) is 0 Å². The Hall–Kier alpha value is -2.24. The maximum Gasteiger partial charge on any atom is 0.269 e. The molecule has 2 atom stereocenters. The number of nitro benzene ring substituents is 1. The van der Waals surface area contributed by atoms with E-state index >= 15 is 0 Å². The van der Waals surface area contributed by atoms with Gasteiger partial charge in [-0.05, 0) is 24.5 Å². The van der Waals surface area contributed by atoms with E-state index in [1.165, 1.54) is 12.1 Å². The fraction of sp³-hybridized carbons (Fsp3) is 0.294. The molecule has 0 aromatic heterocycles. The number of nitrogens with one attached hydrogen (secondary N) is 1. The summed E-state index contributed by atoms with van der Waals surface area (Å²) in [7, 11) is 0. The van der Waals surface area contributed by atoms with Crippen LogP contribution in [0.25, 0.3) is 0 Å². The third-order valence-electron chi connectivity index (χ3n) is 3.58. The van der Waals surface area contributed by atoms with Crippen LogP contribution in [-0.4, -0.2) is 22.7 Å². The summed E-state index contributed by atoms with van der Waals surface area (Å²) in [5, 5.41) is 23.9. The van der Waals surface area contributed by atoms with Crippen LogP contribution in [0, 0.1) is 10.1 Å². The molecule has 0 aliphatic carbocycles. The lowest BCUT2D eigenvalue weighted by molar-refractivity contribution is -0.384. The molecule has 0 saturated heterocycles. The molecular formula is C17H20N2O3. The molecule has 0 heterocycles. The maximum atomic E-state index is 10.6. The number of rotatable bonds is 7. The highest BCUT2D eigenvalue weighted by atomic mass is 16.6. The van der Waals surface area contributed by atoms with Crippen molar-refractivity contribution in [3.05, 3.63) is 75.8 Å². The van der Waals surface area contributed by atoms with Gasteiger partial charge in [0.05, 0.1) is 11.0 Å². The van der Waals surface area contributed by atoms with Crippen molar-refractivity contribution >= 4 is 5.69 Å². The molecule has 0 bridgehead atoms. The standard InChI is InChI=1S/C17H20N2O3/c1-13(15-7-9-16(10-8-15)19(21)22)18-12-17(20)11-14-5-3-2-4-6-14/h2-10,13,17-18,20H,11-12H2,1H3. The van der Waals surface area contributed by atoms with Crippen LogP contribution in [0.5, 0.6) is 0 Å². The number of benzene rings is 2. The number of nitro groups is 1. The van der Waals surface area contributed by atoms with Crippen LogP contribution < -0.4 is 5.32 Å². The molecule has 2 aromatic rings. The van der Waals surface area contributed by atoms with Gasteiger partial charge in [0.25, 0.3) is 5.69 Å². The minimum Gasteiger partial charge on any atom is -0.391 e. The summed E-state index contributed by atoms with van der Waals surface area (Å²) in [6.07, 6.45) is 0.128. The van der Waals surface area contributed by atoms with Crippen LogP contribution in [0.1, 0.15) is 24.1 Å². The molecule has 2 unspecified atom stereocenters. The molecular weight excluding hydrogens is 280 g/mol. The SMILES string of the molecule is CC(NCC(O)Cc1ccccc1)c1ccc([N+](=O)[O-])cc1. The van der Waals surface area contributed by atoms with E-state index in [-0.39, 0.29) is 11.7 Å². The Morgan fingerprint density at radius 2 is 1.77 bits per heavy atom. The Morgan fingerprint density at radius 3 is 2.36 bits per heavy atom. The normalized spacial score (nSPS) is 13.5. The number of aliphatic hydroxyl groups is 1. The number of non-ortho nitro benzene ring substituents is 1. The number of nitrogens with zero attached hydrogens (tertiary/aromatic N) is 1. The first-order valence-electron chi connectivity index (χ1n) is 7.26. The molecule has 0 amide bonds. The fourth-order valence-electron chi connectivity index (χ4n) is 2.27. The molecule has 2 rings (SSSR count). The fourth-order valence-corrected chi connectivity index (χ4v) is 2.27. The zero-order chi connectivity index (χ0) is 15.9. The number of hydrogen-bond acceptors (Lipinski definition) is 4. The molecule has 2 aromatic carbocycles. The summed E-state index contributed by atoms with van der Waals surface area (Å²) in [5.41, 5.74) is 2.14. The monoisotopic (exact) mass is 300 g/mol. The van der Waals surface area contributed by atoms with Crippen LogP contribution in [0.15, 0.2) is 54.6 Å². The molecule has 116 valence electrons. The van der Waals surface area contributed by atoms with E-state index in [0.29, 0.717) is 13.0 Å². The minimum atomic E-state index is -0.470. The summed E-state index contributed by atoms with van der Waals surface area (Å²) in [6, 6.07) is 16.3. The molecule has 0 aliphatic rings. The van der Waals surface area contributed by atoms with E-state index < -0.39 is 11.0 Å². The molecule has 5 nitrogen and oxygen atoms in total. The molecule has 2 N–H and O–H groups in total. The highest BCUT2D eigenvalue weighted by Gasteiger charge is 2.11. The van der Waals surface area contributed by atoms with E-state index in [9.17, 15) is 15.2 Å². The predicted octanol–water partition coefficient (Wildman–Crippen LogP) is 2.85. The van der Waals surface area contributed by atoms with E-state index in [1.807, 2.05) is 37.3 Å². The molecule has 5 heteroatoms. The lowest BCUT2D eigenvalue weighted by Crippen LogP contribution is -2.30. The van der Waals surface area contributed by atoms with Gasteiger partial charge in [-0.15, -0.1) is 0 Å². The Labute approximate surface area is 129 Å². The second-order valence-electron chi connectivity index (χ2n) is 5.32. The van der Waals surface area contributed by atoms with E-state index in [0.717, 1.165) is 11.1 Å². The first-order valence-corrected chi connectivity index (χ1v) is 7.26. The van der Waals surface area contributed by atoms with Crippen molar-refractivity contribution in [3.8, 4) is 0 Å². The van der Waals surface area contributed by atoms with Gasteiger partial charge >= 0.3 is 0 Å². The van der Waals surface area contributed by atoms with Crippen molar-refractivity contribution in [2.24, 2.45) is 0 Å². The maximum absolute atomic E-state index is 10.6. The lowest BCUT2D eigenvalue weighted by atomic mass is 10.1. The largest absolute Gasteiger partial charge is 0.391 e. The van der Waals surface area contributed by atoms with Crippen LogP contribution >= 0.6 is 0 Å². The Kier molecular flexibility index (Phi) is 5.63. The van der Waals surface area contributed by atoms with Gasteiger partial charge in [0.15, 0.2) is 0 Å². The average Bonchev–Trinajstić information content (AvgIpc) is 2.53. The summed E-state index contributed by atoms with van der Waals surface area (Å²) in [4.78, 5) is 10.2. The summed E-state index contributed by atoms with van der Waals surface area (Å²) in [6.45, 7) is 2.43. The first-order chi connectivity index (χ1) is 10.6. The van der Waals surface area contributed by atoms with E-state index in [2.05, 4.69) is 5.32 Å². The van der Waals surface area contributed by atoms with Gasteiger partial charge in [-0.25, -0.2) is 0 Å². The molecule has 22 heavy (non-hydrogen) atoms. The third kappa shape index (κ3) is 4.65. The Bertz CT molecular complexity index is 599. The smallest absolute Gasteiger partial charge is 0.269 e. The Balaban J connectivity index is 1.84. The molecule has 0 spiro atoms.